The first-order valence-corrected chi connectivity index (χ1v) is 8.89. The molecule has 0 radical (unpaired) electrons. The number of benzene rings is 2. The van der Waals surface area contributed by atoms with Crippen molar-refractivity contribution >= 4 is 23.2 Å². The molecule has 2 aromatic carbocycles. The van der Waals surface area contributed by atoms with Gasteiger partial charge in [-0.15, -0.1) is 0 Å². The third kappa shape index (κ3) is 5.21. The second-order valence-electron chi connectivity index (χ2n) is 5.71. The summed E-state index contributed by atoms with van der Waals surface area (Å²) < 4.78 is 11.5. The lowest BCUT2D eigenvalue weighted by molar-refractivity contribution is 0.102. The Labute approximate surface area is 162 Å². The Kier molecular flexibility index (Phi) is 6.28. The maximum absolute atomic E-state index is 12.5. The van der Waals surface area contributed by atoms with E-state index in [0.29, 0.717) is 41.0 Å². The summed E-state index contributed by atoms with van der Waals surface area (Å²) in [5, 5.41) is 3.44. The normalized spacial score (nSPS) is 10.3. The largest absolute Gasteiger partial charge is 0.490 e. The van der Waals surface area contributed by atoms with Crippen LogP contribution >= 0.6 is 11.6 Å². The number of nitrogens with zero attached hydrogens (tertiary/aromatic N) is 1. The van der Waals surface area contributed by atoms with Gasteiger partial charge in [0.05, 0.1) is 6.61 Å². The van der Waals surface area contributed by atoms with Gasteiger partial charge in [0, 0.05) is 34.2 Å². The minimum absolute atomic E-state index is 0.239. The van der Waals surface area contributed by atoms with Gasteiger partial charge in [0.1, 0.15) is 6.61 Å². The van der Waals surface area contributed by atoms with E-state index in [2.05, 4.69) is 10.3 Å². The lowest BCUT2D eigenvalue weighted by Gasteiger charge is -2.13. The van der Waals surface area contributed by atoms with Crippen molar-refractivity contribution in [2.24, 2.45) is 0 Å². The van der Waals surface area contributed by atoms with Crippen molar-refractivity contribution in [2.75, 3.05) is 11.9 Å². The molecule has 1 amide bonds. The highest BCUT2D eigenvalue weighted by atomic mass is 35.5. The zero-order chi connectivity index (χ0) is 19.1. The van der Waals surface area contributed by atoms with Gasteiger partial charge in [0.25, 0.3) is 5.91 Å². The summed E-state index contributed by atoms with van der Waals surface area (Å²) in [5.74, 6) is 0.853. The number of hydrogen-bond donors (Lipinski definition) is 1. The van der Waals surface area contributed by atoms with Gasteiger partial charge in [0.15, 0.2) is 11.5 Å². The maximum atomic E-state index is 12.5. The summed E-state index contributed by atoms with van der Waals surface area (Å²) >= 11 is 5.87. The molecule has 0 saturated carbocycles. The molecule has 0 bridgehead atoms. The predicted molar refractivity (Wildman–Crippen MR) is 106 cm³/mol. The Morgan fingerprint density at radius 2 is 1.89 bits per heavy atom. The molecule has 0 aliphatic carbocycles. The zero-order valence-corrected chi connectivity index (χ0v) is 15.6. The van der Waals surface area contributed by atoms with Crippen molar-refractivity contribution in [3.63, 3.8) is 0 Å². The summed E-state index contributed by atoms with van der Waals surface area (Å²) in [7, 11) is 0. The SMILES string of the molecule is CCOc1cc(C(=O)Nc2ccc(Cl)cc2)ccc1OCc1cccnc1. The number of carbonyl (C=O) groups is 1. The molecule has 0 saturated heterocycles. The van der Waals surface area contributed by atoms with Gasteiger partial charge >= 0.3 is 0 Å². The number of ether oxygens (including phenoxy) is 2. The van der Waals surface area contributed by atoms with Crippen LogP contribution in [0.2, 0.25) is 5.02 Å². The Hall–Kier alpha value is -3.05. The molecule has 3 aromatic rings. The average Bonchev–Trinajstić information content (AvgIpc) is 2.69. The Morgan fingerprint density at radius 1 is 1.07 bits per heavy atom. The molecule has 0 aliphatic rings. The molecule has 1 N–H and O–H groups in total. The third-order valence-corrected chi connectivity index (χ3v) is 3.98. The minimum Gasteiger partial charge on any atom is -0.490 e. The van der Waals surface area contributed by atoms with Gasteiger partial charge in [-0.05, 0) is 55.5 Å². The Morgan fingerprint density at radius 3 is 2.59 bits per heavy atom. The van der Waals surface area contributed by atoms with E-state index in [1.807, 2.05) is 19.1 Å². The van der Waals surface area contributed by atoms with Crippen molar-refractivity contribution in [2.45, 2.75) is 13.5 Å². The van der Waals surface area contributed by atoms with Gasteiger partial charge in [-0.1, -0.05) is 17.7 Å². The molecule has 0 spiro atoms. The number of anilines is 1. The van der Waals surface area contributed by atoms with Crippen molar-refractivity contribution in [1.29, 1.82) is 0 Å². The molecule has 1 aromatic heterocycles. The van der Waals surface area contributed by atoms with Crippen LogP contribution in [-0.2, 0) is 6.61 Å². The molecular formula is C21H19ClN2O3. The first-order chi connectivity index (χ1) is 13.2. The standard InChI is InChI=1S/C21H19ClN2O3/c1-2-26-20-12-16(21(25)24-18-8-6-17(22)7-9-18)5-10-19(20)27-14-15-4-3-11-23-13-15/h3-13H,2,14H2,1H3,(H,24,25). The van der Waals surface area contributed by atoms with Crippen LogP contribution in [-0.4, -0.2) is 17.5 Å². The highest BCUT2D eigenvalue weighted by Crippen LogP contribution is 2.29. The molecular weight excluding hydrogens is 364 g/mol. The number of rotatable bonds is 7. The second-order valence-corrected chi connectivity index (χ2v) is 6.14. The summed E-state index contributed by atoms with van der Waals surface area (Å²) in [4.78, 5) is 16.6. The van der Waals surface area contributed by atoms with E-state index in [4.69, 9.17) is 21.1 Å². The van der Waals surface area contributed by atoms with Crippen LogP contribution in [0.3, 0.4) is 0 Å². The quantitative estimate of drug-likeness (QED) is 0.627. The molecule has 5 nitrogen and oxygen atoms in total. The summed E-state index contributed by atoms with van der Waals surface area (Å²) in [6.45, 7) is 2.71. The lowest BCUT2D eigenvalue weighted by Crippen LogP contribution is -2.12. The van der Waals surface area contributed by atoms with Crippen LogP contribution < -0.4 is 14.8 Å². The van der Waals surface area contributed by atoms with E-state index < -0.39 is 0 Å². The first kappa shape index (κ1) is 18.7. The van der Waals surface area contributed by atoms with E-state index in [1.165, 1.54) is 0 Å². The third-order valence-electron chi connectivity index (χ3n) is 3.72. The van der Waals surface area contributed by atoms with Gasteiger partial charge < -0.3 is 14.8 Å². The first-order valence-electron chi connectivity index (χ1n) is 8.51. The number of nitrogens with one attached hydrogen (secondary N) is 1. The molecule has 6 heteroatoms. The molecule has 3 rings (SSSR count). The van der Waals surface area contributed by atoms with E-state index in [0.717, 1.165) is 5.56 Å². The molecule has 0 atom stereocenters. The fraction of sp³-hybridized carbons (Fsp3) is 0.143. The fourth-order valence-corrected chi connectivity index (χ4v) is 2.54. The van der Waals surface area contributed by atoms with Crippen LogP contribution in [0, 0.1) is 0 Å². The predicted octanol–water partition coefficient (Wildman–Crippen LogP) is 4.97. The van der Waals surface area contributed by atoms with Crippen molar-refractivity contribution in [1.82, 2.24) is 4.98 Å². The lowest BCUT2D eigenvalue weighted by atomic mass is 10.1. The van der Waals surface area contributed by atoms with E-state index in [1.54, 1.807) is 54.9 Å². The van der Waals surface area contributed by atoms with E-state index in [9.17, 15) is 4.79 Å². The van der Waals surface area contributed by atoms with Gasteiger partial charge in [-0.25, -0.2) is 0 Å². The summed E-state index contributed by atoms with van der Waals surface area (Å²) in [5.41, 5.74) is 2.09. The number of aromatic nitrogens is 1. The second kappa shape index (κ2) is 9.05. The monoisotopic (exact) mass is 382 g/mol. The average molecular weight is 383 g/mol. The summed E-state index contributed by atoms with van der Waals surface area (Å²) in [6, 6.07) is 15.8. The fourth-order valence-electron chi connectivity index (χ4n) is 2.42. The molecule has 1 heterocycles. The molecule has 27 heavy (non-hydrogen) atoms. The van der Waals surface area contributed by atoms with Crippen LogP contribution in [0.4, 0.5) is 5.69 Å². The van der Waals surface area contributed by atoms with Crippen molar-refractivity contribution in [3.8, 4) is 11.5 Å². The van der Waals surface area contributed by atoms with Crippen LogP contribution in [0.15, 0.2) is 67.0 Å². The van der Waals surface area contributed by atoms with Crippen LogP contribution in [0.5, 0.6) is 11.5 Å². The summed E-state index contributed by atoms with van der Waals surface area (Å²) in [6.07, 6.45) is 3.46. The van der Waals surface area contributed by atoms with Gasteiger partial charge in [-0.2, -0.15) is 0 Å². The minimum atomic E-state index is -0.239. The highest BCUT2D eigenvalue weighted by Gasteiger charge is 2.12. The maximum Gasteiger partial charge on any atom is 0.255 e. The number of carbonyl (C=O) groups excluding carboxylic acids is 1. The smallest absolute Gasteiger partial charge is 0.255 e. The molecule has 0 aliphatic heterocycles. The Balaban J connectivity index is 1.73. The zero-order valence-electron chi connectivity index (χ0n) is 14.8. The van der Waals surface area contributed by atoms with Gasteiger partial charge in [-0.3, -0.25) is 9.78 Å². The topological polar surface area (TPSA) is 60.5 Å². The number of amides is 1. The van der Waals surface area contributed by atoms with Crippen LogP contribution in [0.1, 0.15) is 22.8 Å². The van der Waals surface area contributed by atoms with Crippen molar-refractivity contribution in [3.05, 3.63) is 83.1 Å². The van der Waals surface area contributed by atoms with E-state index in [-0.39, 0.29) is 5.91 Å². The molecule has 0 unspecified atom stereocenters. The Bertz CT molecular complexity index is 899. The van der Waals surface area contributed by atoms with Gasteiger partial charge in [0.2, 0.25) is 0 Å². The highest BCUT2D eigenvalue weighted by molar-refractivity contribution is 6.30. The number of halogens is 1. The van der Waals surface area contributed by atoms with Crippen LogP contribution in [0.25, 0.3) is 0 Å². The number of hydrogen-bond acceptors (Lipinski definition) is 4. The molecule has 138 valence electrons. The van der Waals surface area contributed by atoms with Crippen molar-refractivity contribution < 1.29 is 14.3 Å². The molecule has 0 fully saturated rings. The van der Waals surface area contributed by atoms with E-state index >= 15 is 0 Å². The number of pyridine rings is 1.